The van der Waals surface area contributed by atoms with Gasteiger partial charge in [0.05, 0.1) is 0 Å². The van der Waals surface area contributed by atoms with Crippen molar-refractivity contribution in [3.63, 3.8) is 0 Å². The Morgan fingerprint density at radius 2 is 1.67 bits per heavy atom. The summed E-state index contributed by atoms with van der Waals surface area (Å²) in [6.45, 7) is 2.10. The summed E-state index contributed by atoms with van der Waals surface area (Å²) in [4.78, 5) is 0. The fourth-order valence-electron chi connectivity index (χ4n) is 0.377. The molecule has 0 aromatic heterocycles. The van der Waals surface area contributed by atoms with Gasteiger partial charge < -0.3 is 0 Å². The molecule has 0 amide bonds. The van der Waals surface area contributed by atoms with Crippen LogP contribution in [0.1, 0.15) is 19.8 Å². The maximum absolute atomic E-state index is 5.65. The molecule has 0 saturated carbocycles. The maximum atomic E-state index is 5.65. The normalized spacial score (nSPS) is 10.7. The summed E-state index contributed by atoms with van der Waals surface area (Å²) >= 11 is -2.89. The molecule has 0 fully saturated rings. The maximum Gasteiger partial charge on any atom is -0.147 e. The minimum absolute atomic E-state index is 0. The van der Waals surface area contributed by atoms with Crippen LogP contribution in [0.3, 0.4) is 0 Å². The molecule has 0 atom stereocenters. The molecule has 0 aromatic carbocycles. The number of unbranched alkanes of at least 4 members (excludes halogenated alkanes) is 1. The van der Waals surface area contributed by atoms with Gasteiger partial charge in [-0.05, 0) is 0 Å². The second-order valence-corrected chi connectivity index (χ2v) is 23.5. The summed E-state index contributed by atoms with van der Waals surface area (Å²) in [6.07, 6.45) is 2.21. The first kappa shape index (κ1) is 13.5. The van der Waals surface area contributed by atoms with Gasteiger partial charge >= 0.3 is 66.0 Å². The third-order valence-electron chi connectivity index (χ3n) is 0.814. The van der Waals surface area contributed by atoms with Crippen LogP contribution in [0.5, 0.6) is 0 Å². The molecule has 0 aliphatic carbocycles. The van der Waals surface area contributed by atoms with Gasteiger partial charge in [0.1, 0.15) is 0 Å². The van der Waals surface area contributed by atoms with Gasteiger partial charge in [-0.3, -0.25) is 0 Å². The zero-order chi connectivity index (χ0) is 6.62. The van der Waals surface area contributed by atoms with Crippen LogP contribution < -0.4 is 0 Å². The van der Waals surface area contributed by atoms with Crippen molar-refractivity contribution >= 4 is 54.2 Å². The first-order valence-corrected chi connectivity index (χ1v) is 15.5. The van der Waals surface area contributed by atoms with Crippen molar-refractivity contribution in [2.75, 3.05) is 0 Å². The van der Waals surface area contributed by atoms with E-state index in [0.29, 0.717) is 0 Å². The van der Waals surface area contributed by atoms with E-state index in [1.54, 1.807) is 0 Å². The van der Waals surface area contributed by atoms with E-state index in [4.69, 9.17) is 26.8 Å². The van der Waals surface area contributed by atoms with E-state index in [1.165, 1.54) is 0 Å². The molecule has 0 spiro atoms. The van der Waals surface area contributed by atoms with Gasteiger partial charge in [0.25, 0.3) is 0 Å². The molecule has 9 heavy (non-hydrogen) atoms. The van der Waals surface area contributed by atoms with Gasteiger partial charge in [0, 0.05) is 0 Å². The van der Waals surface area contributed by atoms with Crippen LogP contribution in [0, 0.1) is 0 Å². The van der Waals surface area contributed by atoms with Crippen LogP contribution in [0.25, 0.3) is 0 Å². The van der Waals surface area contributed by atoms with E-state index in [0.717, 1.165) is 17.3 Å². The molecule has 0 bridgehead atoms. The van der Waals surface area contributed by atoms with E-state index in [9.17, 15) is 0 Å². The Bertz CT molecular complexity index is 60.1. The van der Waals surface area contributed by atoms with Gasteiger partial charge in [-0.1, -0.05) is 0 Å². The van der Waals surface area contributed by atoms with Crippen molar-refractivity contribution in [3.8, 4) is 0 Å². The van der Waals surface area contributed by atoms with Gasteiger partial charge in [-0.25, -0.2) is 0 Å². The fraction of sp³-hybridized carbons (Fsp3) is 1.00. The summed E-state index contributed by atoms with van der Waals surface area (Å²) in [5.74, 6) is 0. The second-order valence-electron chi connectivity index (χ2n) is 1.72. The third kappa shape index (κ3) is 13.0. The molecule has 0 nitrogen and oxygen atoms in total. The van der Waals surface area contributed by atoms with Gasteiger partial charge in [-0.2, -0.15) is 0 Å². The first-order chi connectivity index (χ1) is 3.56. The van der Waals surface area contributed by atoms with Crippen LogP contribution >= 0.6 is 39.2 Å². The number of hydrogen-bond acceptors (Lipinski definition) is 0. The second kappa shape index (κ2) is 6.66. The van der Waals surface area contributed by atoms with E-state index >= 15 is 0 Å². The molecule has 0 radical (unpaired) electrons. The fourth-order valence-corrected chi connectivity index (χ4v) is 5.22. The quantitative estimate of drug-likeness (QED) is 0.693. The van der Waals surface area contributed by atoms with Crippen LogP contribution in [-0.4, -0.2) is 15.0 Å². The minimum atomic E-state index is -2.89. The predicted octanol–water partition coefficient (Wildman–Crippen LogP) is 3.86. The Balaban J connectivity index is 0. The van der Waals surface area contributed by atoms with E-state index in [1.807, 2.05) is 0 Å². The molecule has 0 aliphatic heterocycles. The van der Waals surface area contributed by atoms with Gasteiger partial charge in [0.15, 0.2) is 0 Å². The van der Waals surface area contributed by atoms with Crippen LogP contribution in [-0.2, 0) is 0 Å². The van der Waals surface area contributed by atoms with E-state index < -0.39 is 15.0 Å². The van der Waals surface area contributed by atoms with Crippen LogP contribution in [0.15, 0.2) is 0 Å². The number of rotatable bonds is 3. The summed E-state index contributed by atoms with van der Waals surface area (Å²) in [5, 5.41) is 0. The predicted molar refractivity (Wildman–Crippen MR) is 50.3 cm³/mol. The molecule has 0 aromatic rings. The standard InChI is InChI=1S/C4H9.4ClH.Sn/c1-3-4-2;;;;;/h1,3-4H2,2H3;4*1H;/q;;;;;+3/p-3. The smallest absolute Gasteiger partial charge is 0.147 e. The van der Waals surface area contributed by atoms with E-state index in [2.05, 4.69) is 6.92 Å². The molecule has 0 N–H and O–H groups in total. The van der Waals surface area contributed by atoms with Gasteiger partial charge in [0.2, 0.25) is 0 Å². The van der Waals surface area contributed by atoms with Crippen molar-refractivity contribution < 1.29 is 0 Å². The van der Waals surface area contributed by atoms with Crippen molar-refractivity contribution in [1.29, 1.82) is 0 Å². The average molecular weight is 319 g/mol. The monoisotopic (exact) mass is 318 g/mol. The zero-order valence-electron chi connectivity index (χ0n) is 5.16. The van der Waals surface area contributed by atoms with Crippen LogP contribution in [0.4, 0.5) is 0 Å². The van der Waals surface area contributed by atoms with E-state index in [-0.39, 0.29) is 12.4 Å². The van der Waals surface area contributed by atoms with Gasteiger partial charge in [-0.15, -0.1) is 12.4 Å². The topological polar surface area (TPSA) is 0 Å². The number of hydrogen-bond donors (Lipinski definition) is 0. The molecule has 0 saturated heterocycles. The molecule has 0 heterocycles. The van der Waals surface area contributed by atoms with Crippen molar-refractivity contribution in [2.24, 2.45) is 0 Å². The molecule has 0 unspecified atom stereocenters. The summed E-state index contributed by atoms with van der Waals surface area (Å²) in [5.41, 5.74) is 0. The SMILES string of the molecule is CCC[CH2][Sn]([Cl])([Cl])[Cl].Cl. The summed E-state index contributed by atoms with van der Waals surface area (Å²) in [7, 11) is 17.0. The number of halogens is 4. The Morgan fingerprint density at radius 3 is 1.78 bits per heavy atom. The Hall–Kier alpha value is 1.96. The van der Waals surface area contributed by atoms with Crippen molar-refractivity contribution in [1.82, 2.24) is 0 Å². The third-order valence-corrected chi connectivity index (χ3v) is 7.24. The largest absolute Gasteiger partial charge is 0.147 e. The molecule has 0 aliphatic rings. The Labute approximate surface area is 77.7 Å². The van der Waals surface area contributed by atoms with Crippen LogP contribution in [0.2, 0.25) is 4.44 Å². The molecule has 58 valence electrons. The first-order valence-electron chi connectivity index (χ1n) is 2.63. The summed E-state index contributed by atoms with van der Waals surface area (Å²) < 4.78 is 0.871. The Kier molecular flexibility index (Phi) is 10.0. The average Bonchev–Trinajstić information content (AvgIpc) is 1.59. The molecule has 5 heteroatoms. The summed E-state index contributed by atoms with van der Waals surface area (Å²) in [6, 6.07) is 0. The Morgan fingerprint density at radius 1 is 1.22 bits per heavy atom. The molecular formula is C4H10Cl4Sn. The zero-order valence-corrected chi connectivity index (χ0v) is 11.1. The minimum Gasteiger partial charge on any atom is -0.147 e. The molecular weight excluding hydrogens is 309 g/mol. The van der Waals surface area contributed by atoms with Crippen molar-refractivity contribution in [2.45, 2.75) is 24.2 Å². The van der Waals surface area contributed by atoms with Crippen molar-refractivity contribution in [3.05, 3.63) is 0 Å². The molecule has 0 rings (SSSR count).